The lowest BCUT2D eigenvalue weighted by Gasteiger charge is -2.10. The van der Waals surface area contributed by atoms with Crippen molar-refractivity contribution in [1.82, 2.24) is 19.9 Å². The highest BCUT2D eigenvalue weighted by atomic mass is 32.1. The summed E-state index contributed by atoms with van der Waals surface area (Å²) in [5, 5.41) is 10.4. The van der Waals surface area contributed by atoms with Crippen molar-refractivity contribution in [2.45, 2.75) is 6.54 Å². The normalized spacial score (nSPS) is 10.6. The summed E-state index contributed by atoms with van der Waals surface area (Å²) in [6.45, 7) is 0.0639. The molecule has 0 aliphatic heterocycles. The number of urea groups is 1. The molecule has 0 aliphatic rings. The molecule has 4 aromatic rings. The van der Waals surface area contributed by atoms with Crippen molar-refractivity contribution < 1.29 is 19.0 Å². The fourth-order valence-electron chi connectivity index (χ4n) is 3.02. The summed E-state index contributed by atoms with van der Waals surface area (Å²) < 4.78 is 16.8. The molecule has 10 nitrogen and oxygen atoms in total. The molecule has 0 spiro atoms. The average molecular weight is 468 g/mol. The highest BCUT2D eigenvalue weighted by molar-refractivity contribution is 7.19. The number of anilines is 1. The number of hydrogen-bond donors (Lipinski definition) is 2. The molecule has 33 heavy (non-hydrogen) atoms. The summed E-state index contributed by atoms with van der Waals surface area (Å²) in [5.41, 5.74) is 1.44. The van der Waals surface area contributed by atoms with E-state index in [1.807, 2.05) is 24.3 Å². The predicted molar refractivity (Wildman–Crippen MR) is 125 cm³/mol. The Morgan fingerprint density at radius 1 is 0.970 bits per heavy atom. The van der Waals surface area contributed by atoms with E-state index in [-0.39, 0.29) is 12.1 Å². The number of nitrogens with zero attached hydrogens (tertiary/aromatic N) is 3. The quantitative estimate of drug-likeness (QED) is 0.429. The Morgan fingerprint density at radius 2 is 1.64 bits per heavy atom. The van der Waals surface area contributed by atoms with Crippen molar-refractivity contribution in [1.29, 1.82) is 0 Å². The number of ether oxygens (including phenoxy) is 3. The lowest BCUT2D eigenvalue weighted by Crippen LogP contribution is -2.29. The third-order valence-electron chi connectivity index (χ3n) is 4.67. The maximum atomic E-state index is 12.5. The minimum absolute atomic E-state index is 0.0639. The lowest BCUT2D eigenvalue weighted by molar-refractivity contribution is 0.251. The van der Waals surface area contributed by atoms with Gasteiger partial charge in [-0.25, -0.2) is 9.78 Å². The maximum absolute atomic E-state index is 12.5. The molecule has 0 saturated carbocycles. The number of methoxy groups -OCH3 is 3. The molecule has 2 aromatic carbocycles. The van der Waals surface area contributed by atoms with Gasteiger partial charge in [-0.05, 0) is 24.3 Å². The van der Waals surface area contributed by atoms with Gasteiger partial charge in [0.25, 0.3) is 5.56 Å². The summed E-state index contributed by atoms with van der Waals surface area (Å²) in [5.74, 6) is 1.82. The summed E-state index contributed by atoms with van der Waals surface area (Å²) >= 11 is 1.28. The molecule has 2 heterocycles. The van der Waals surface area contributed by atoms with Crippen LogP contribution in [0.25, 0.3) is 15.5 Å². The van der Waals surface area contributed by atoms with Crippen molar-refractivity contribution in [3.05, 3.63) is 64.6 Å². The molecule has 170 valence electrons. The molecule has 0 atom stereocenters. The van der Waals surface area contributed by atoms with Gasteiger partial charge in [-0.3, -0.25) is 4.79 Å². The van der Waals surface area contributed by atoms with Gasteiger partial charge in [-0.2, -0.15) is 9.61 Å². The Hall–Kier alpha value is -4.12. The van der Waals surface area contributed by atoms with Crippen LogP contribution in [0.3, 0.4) is 0 Å². The molecule has 0 unspecified atom stereocenters. The van der Waals surface area contributed by atoms with Crippen LogP contribution in [0.5, 0.6) is 17.2 Å². The summed E-state index contributed by atoms with van der Waals surface area (Å²) in [6.07, 6.45) is 0. The number of amides is 2. The molecular formula is C22H21N5O5S. The molecule has 0 radical (unpaired) electrons. The number of carbonyl (C=O) groups is 1. The Kier molecular flexibility index (Phi) is 6.41. The van der Waals surface area contributed by atoms with Crippen LogP contribution in [-0.2, 0) is 6.54 Å². The SMILES string of the molecule is COc1ccc(-c2nn3c(=O)cc(CNC(=O)Nc4cc(OC)cc(OC)c4)nc3s2)cc1. The highest BCUT2D eigenvalue weighted by Gasteiger charge is 2.12. The average Bonchev–Trinajstić information content (AvgIpc) is 3.27. The first kappa shape index (κ1) is 22.1. The van der Waals surface area contributed by atoms with Gasteiger partial charge in [0.2, 0.25) is 4.96 Å². The van der Waals surface area contributed by atoms with Crippen molar-refractivity contribution in [2.75, 3.05) is 26.6 Å². The standard InChI is InChI=1S/C22H21N5O5S/c1-30-16-6-4-13(5-7-16)20-26-27-19(28)10-15(25-22(27)33-20)12-23-21(29)24-14-8-17(31-2)11-18(9-14)32-3/h4-11H,12H2,1-3H3,(H2,23,24,29). The molecule has 0 aliphatic carbocycles. The molecule has 2 amide bonds. The second-order valence-electron chi connectivity index (χ2n) is 6.82. The number of fused-ring (bicyclic) bond motifs is 1. The first-order valence-electron chi connectivity index (χ1n) is 9.81. The highest BCUT2D eigenvalue weighted by Crippen LogP contribution is 2.27. The maximum Gasteiger partial charge on any atom is 0.319 e. The van der Waals surface area contributed by atoms with Gasteiger partial charge in [0.1, 0.15) is 22.3 Å². The predicted octanol–water partition coefficient (Wildman–Crippen LogP) is 3.17. The van der Waals surface area contributed by atoms with Crippen molar-refractivity contribution in [3.63, 3.8) is 0 Å². The molecule has 2 aromatic heterocycles. The molecular weight excluding hydrogens is 446 g/mol. The van der Waals surface area contributed by atoms with Crippen LogP contribution in [0.2, 0.25) is 0 Å². The number of rotatable bonds is 7. The van der Waals surface area contributed by atoms with E-state index < -0.39 is 6.03 Å². The van der Waals surface area contributed by atoms with E-state index in [2.05, 4.69) is 20.7 Å². The minimum atomic E-state index is -0.462. The van der Waals surface area contributed by atoms with Crippen LogP contribution in [0, 0.1) is 0 Å². The number of carbonyl (C=O) groups excluding carboxylic acids is 1. The van der Waals surface area contributed by atoms with E-state index in [0.717, 1.165) is 11.3 Å². The van der Waals surface area contributed by atoms with Gasteiger partial charge in [-0.15, -0.1) is 0 Å². The third-order valence-corrected chi connectivity index (χ3v) is 5.63. The molecule has 0 saturated heterocycles. The van der Waals surface area contributed by atoms with E-state index in [1.54, 1.807) is 25.3 Å². The Balaban J connectivity index is 1.47. The van der Waals surface area contributed by atoms with Crippen molar-refractivity contribution >= 4 is 28.0 Å². The number of nitrogens with one attached hydrogen (secondary N) is 2. The van der Waals surface area contributed by atoms with Gasteiger partial charge >= 0.3 is 6.03 Å². The Bertz CT molecular complexity index is 1330. The van der Waals surface area contributed by atoms with Crippen LogP contribution in [0.4, 0.5) is 10.5 Å². The topological polar surface area (TPSA) is 116 Å². The van der Waals surface area contributed by atoms with Crippen LogP contribution < -0.4 is 30.4 Å². The van der Waals surface area contributed by atoms with Gasteiger partial charge in [0, 0.05) is 35.5 Å². The molecule has 2 N–H and O–H groups in total. The zero-order valence-electron chi connectivity index (χ0n) is 18.1. The summed E-state index contributed by atoms with van der Waals surface area (Å²) in [4.78, 5) is 29.7. The largest absolute Gasteiger partial charge is 0.497 e. The molecule has 0 fully saturated rings. The van der Waals surface area contributed by atoms with Crippen LogP contribution in [0.1, 0.15) is 5.69 Å². The number of hydrogen-bond acceptors (Lipinski definition) is 8. The molecule has 0 bridgehead atoms. The van der Waals surface area contributed by atoms with Gasteiger partial charge in [0.15, 0.2) is 0 Å². The zero-order chi connectivity index (χ0) is 23.4. The van der Waals surface area contributed by atoms with Crippen molar-refractivity contribution in [2.24, 2.45) is 0 Å². The first-order chi connectivity index (χ1) is 16.0. The van der Waals surface area contributed by atoms with Crippen molar-refractivity contribution in [3.8, 4) is 27.8 Å². The number of aromatic nitrogens is 3. The Morgan fingerprint density at radius 3 is 2.27 bits per heavy atom. The molecule has 11 heteroatoms. The van der Waals surface area contributed by atoms with Gasteiger partial charge in [-0.1, -0.05) is 11.3 Å². The van der Waals surface area contributed by atoms with E-state index in [9.17, 15) is 9.59 Å². The zero-order valence-corrected chi connectivity index (χ0v) is 18.9. The smallest absolute Gasteiger partial charge is 0.319 e. The fraction of sp³-hybridized carbons (Fsp3) is 0.182. The fourth-order valence-corrected chi connectivity index (χ4v) is 3.95. The first-order valence-corrected chi connectivity index (χ1v) is 10.6. The van der Waals surface area contributed by atoms with Crippen LogP contribution >= 0.6 is 11.3 Å². The van der Waals surface area contributed by atoms with E-state index in [0.29, 0.717) is 32.8 Å². The van der Waals surface area contributed by atoms with Crippen LogP contribution in [0.15, 0.2) is 53.3 Å². The lowest BCUT2D eigenvalue weighted by atomic mass is 10.2. The summed E-state index contributed by atoms with van der Waals surface area (Å²) in [6, 6.07) is 13.3. The van der Waals surface area contributed by atoms with Gasteiger partial charge in [0.05, 0.1) is 33.6 Å². The van der Waals surface area contributed by atoms with E-state index in [1.165, 1.54) is 36.1 Å². The summed E-state index contributed by atoms with van der Waals surface area (Å²) in [7, 11) is 4.65. The Labute approximate surface area is 192 Å². The van der Waals surface area contributed by atoms with E-state index in [4.69, 9.17) is 14.2 Å². The monoisotopic (exact) mass is 467 g/mol. The second kappa shape index (κ2) is 9.57. The second-order valence-corrected chi connectivity index (χ2v) is 7.78. The van der Waals surface area contributed by atoms with Crippen LogP contribution in [-0.4, -0.2) is 42.0 Å². The number of benzene rings is 2. The van der Waals surface area contributed by atoms with Gasteiger partial charge < -0.3 is 24.8 Å². The minimum Gasteiger partial charge on any atom is -0.497 e. The molecule has 4 rings (SSSR count). The third kappa shape index (κ3) is 5.04. The van der Waals surface area contributed by atoms with E-state index >= 15 is 0 Å².